The van der Waals surface area contributed by atoms with E-state index in [0.29, 0.717) is 50.2 Å². The summed E-state index contributed by atoms with van der Waals surface area (Å²) in [4.78, 5) is 28.2. The minimum atomic E-state index is -4.39. The molecule has 3 heterocycles. The highest BCUT2D eigenvalue weighted by Crippen LogP contribution is 2.32. The van der Waals surface area contributed by atoms with Crippen molar-refractivity contribution in [2.24, 2.45) is 0 Å². The van der Waals surface area contributed by atoms with E-state index in [1.807, 2.05) is 4.90 Å². The van der Waals surface area contributed by atoms with Gasteiger partial charge in [-0.15, -0.1) is 5.10 Å². The Bertz CT molecular complexity index is 995. The van der Waals surface area contributed by atoms with E-state index in [2.05, 4.69) is 10.2 Å². The number of halogens is 3. The molecule has 2 aromatic rings. The first kappa shape index (κ1) is 22.7. The van der Waals surface area contributed by atoms with Crippen molar-refractivity contribution in [3.05, 3.63) is 40.3 Å². The van der Waals surface area contributed by atoms with E-state index in [-0.39, 0.29) is 23.5 Å². The van der Waals surface area contributed by atoms with Crippen LogP contribution in [0.3, 0.4) is 0 Å². The summed E-state index contributed by atoms with van der Waals surface area (Å²) in [5, 5.41) is 6.89. The molecule has 0 aliphatic carbocycles. The smallest absolute Gasteiger partial charge is 0.376 e. The third kappa shape index (κ3) is 5.29. The SMILES string of the molecule is O=C(CSc1n[nH]c(=O)n1CC1CCCO1)N1CCN(c2cccc(C(F)(F)F)c2)CC1. The summed E-state index contributed by atoms with van der Waals surface area (Å²) < 4.78 is 46.0. The Morgan fingerprint density at radius 1 is 1.25 bits per heavy atom. The van der Waals surface area contributed by atoms with Crippen molar-refractivity contribution < 1.29 is 22.7 Å². The molecular weight excluding hydrogens is 447 g/mol. The number of aromatic amines is 1. The van der Waals surface area contributed by atoms with Crippen LogP contribution in [0, 0.1) is 0 Å². The fourth-order valence-electron chi connectivity index (χ4n) is 3.88. The van der Waals surface area contributed by atoms with Gasteiger partial charge >= 0.3 is 11.9 Å². The van der Waals surface area contributed by atoms with Crippen molar-refractivity contribution in [1.82, 2.24) is 19.7 Å². The fraction of sp³-hybridized carbons (Fsp3) is 0.550. The van der Waals surface area contributed by atoms with Gasteiger partial charge in [-0.2, -0.15) is 13.2 Å². The fourth-order valence-corrected chi connectivity index (χ4v) is 4.74. The Labute approximate surface area is 186 Å². The largest absolute Gasteiger partial charge is 0.416 e. The van der Waals surface area contributed by atoms with Gasteiger partial charge in [0, 0.05) is 38.5 Å². The van der Waals surface area contributed by atoms with Crippen LogP contribution in [0.15, 0.2) is 34.2 Å². The molecule has 2 aliphatic rings. The first-order valence-electron chi connectivity index (χ1n) is 10.4. The number of nitrogens with one attached hydrogen (secondary N) is 1. The number of aromatic nitrogens is 3. The molecule has 1 unspecified atom stereocenters. The van der Waals surface area contributed by atoms with E-state index in [1.54, 1.807) is 11.0 Å². The maximum absolute atomic E-state index is 13.0. The number of hydrogen-bond acceptors (Lipinski definition) is 6. The summed E-state index contributed by atoms with van der Waals surface area (Å²) >= 11 is 1.19. The van der Waals surface area contributed by atoms with Crippen LogP contribution in [0.5, 0.6) is 0 Å². The second-order valence-electron chi connectivity index (χ2n) is 7.76. The topological polar surface area (TPSA) is 83.5 Å². The average Bonchev–Trinajstić information content (AvgIpc) is 3.42. The lowest BCUT2D eigenvalue weighted by molar-refractivity contribution is -0.137. The van der Waals surface area contributed by atoms with Crippen LogP contribution in [-0.4, -0.2) is 70.2 Å². The zero-order valence-corrected chi connectivity index (χ0v) is 18.1. The molecule has 2 fully saturated rings. The lowest BCUT2D eigenvalue weighted by atomic mass is 10.1. The maximum atomic E-state index is 13.0. The second-order valence-corrected chi connectivity index (χ2v) is 8.70. The minimum absolute atomic E-state index is 0.0238. The number of ether oxygens (including phenoxy) is 1. The first-order chi connectivity index (χ1) is 15.3. The monoisotopic (exact) mass is 471 g/mol. The van der Waals surface area contributed by atoms with Crippen LogP contribution in [0.4, 0.5) is 18.9 Å². The number of anilines is 1. The number of H-pyrrole nitrogens is 1. The Balaban J connectivity index is 1.30. The molecule has 1 aromatic carbocycles. The van der Waals surface area contributed by atoms with Crippen LogP contribution in [0.1, 0.15) is 18.4 Å². The molecule has 0 saturated carbocycles. The van der Waals surface area contributed by atoms with Gasteiger partial charge in [-0.05, 0) is 31.0 Å². The van der Waals surface area contributed by atoms with Gasteiger partial charge in [-0.1, -0.05) is 17.8 Å². The number of alkyl halides is 3. The zero-order chi connectivity index (χ0) is 22.7. The van der Waals surface area contributed by atoms with E-state index in [4.69, 9.17) is 4.74 Å². The summed E-state index contributed by atoms with van der Waals surface area (Å²) in [6, 6.07) is 5.23. The van der Waals surface area contributed by atoms with Gasteiger partial charge in [0.2, 0.25) is 5.91 Å². The number of thioether (sulfide) groups is 1. The van der Waals surface area contributed by atoms with Crippen LogP contribution in [0.2, 0.25) is 0 Å². The normalized spacial score (nSPS) is 19.5. The first-order valence-corrected chi connectivity index (χ1v) is 11.4. The Hall–Kier alpha value is -2.47. The van der Waals surface area contributed by atoms with Crippen molar-refractivity contribution in [2.75, 3.05) is 43.4 Å². The average molecular weight is 472 g/mol. The third-order valence-corrected chi connectivity index (χ3v) is 6.59. The highest BCUT2D eigenvalue weighted by atomic mass is 32.2. The molecule has 1 aromatic heterocycles. The van der Waals surface area contributed by atoms with Crippen molar-refractivity contribution in [1.29, 1.82) is 0 Å². The van der Waals surface area contributed by atoms with Crippen LogP contribution in [0.25, 0.3) is 0 Å². The van der Waals surface area contributed by atoms with Gasteiger partial charge in [0.05, 0.1) is 24.0 Å². The van der Waals surface area contributed by atoms with Gasteiger partial charge in [-0.3, -0.25) is 9.36 Å². The highest BCUT2D eigenvalue weighted by molar-refractivity contribution is 7.99. The van der Waals surface area contributed by atoms with Gasteiger partial charge < -0.3 is 14.5 Å². The predicted octanol–water partition coefficient (Wildman–Crippen LogP) is 2.21. The van der Waals surface area contributed by atoms with Crippen LogP contribution < -0.4 is 10.6 Å². The molecule has 1 amide bonds. The molecule has 2 aliphatic heterocycles. The summed E-state index contributed by atoms with van der Waals surface area (Å²) in [5.74, 6) is 0.0251. The summed E-state index contributed by atoms with van der Waals surface area (Å²) in [6.45, 7) is 2.82. The lowest BCUT2D eigenvalue weighted by Gasteiger charge is -2.36. The molecule has 0 bridgehead atoms. The van der Waals surface area contributed by atoms with Crippen molar-refractivity contribution in [3.63, 3.8) is 0 Å². The van der Waals surface area contributed by atoms with Gasteiger partial charge in [0.25, 0.3) is 0 Å². The summed E-state index contributed by atoms with van der Waals surface area (Å²) in [5.41, 5.74) is -0.515. The minimum Gasteiger partial charge on any atom is -0.376 e. The van der Waals surface area contributed by atoms with Crippen molar-refractivity contribution in [3.8, 4) is 0 Å². The molecule has 4 rings (SSSR count). The number of nitrogens with zero attached hydrogens (tertiary/aromatic N) is 4. The third-order valence-electron chi connectivity index (χ3n) is 5.63. The van der Waals surface area contributed by atoms with Crippen LogP contribution >= 0.6 is 11.8 Å². The quantitative estimate of drug-likeness (QED) is 0.651. The molecule has 1 N–H and O–H groups in total. The molecule has 0 spiro atoms. The van der Waals surface area contributed by atoms with Gasteiger partial charge in [-0.25, -0.2) is 9.89 Å². The standard InChI is InChI=1S/C20H24F3N5O3S/c21-20(22,23)14-3-1-4-15(11-14)26-6-8-27(9-7-26)17(29)13-32-19-25-24-18(30)28(19)12-16-5-2-10-31-16/h1,3-4,11,16H,2,5-10,12-13H2,(H,24,30). The molecule has 174 valence electrons. The number of piperazine rings is 1. The molecular formula is C20H24F3N5O3S. The Morgan fingerprint density at radius 2 is 2.03 bits per heavy atom. The molecule has 12 heteroatoms. The van der Waals surface area contributed by atoms with E-state index >= 15 is 0 Å². The predicted molar refractivity (Wildman–Crippen MR) is 113 cm³/mol. The molecule has 8 nitrogen and oxygen atoms in total. The number of rotatable bonds is 6. The number of benzene rings is 1. The summed E-state index contributed by atoms with van der Waals surface area (Å²) in [7, 11) is 0. The van der Waals surface area contributed by atoms with E-state index < -0.39 is 11.7 Å². The molecule has 32 heavy (non-hydrogen) atoms. The van der Waals surface area contributed by atoms with Gasteiger partial charge in [0.15, 0.2) is 5.16 Å². The number of carbonyl (C=O) groups excluding carboxylic acids is 1. The van der Waals surface area contributed by atoms with E-state index in [0.717, 1.165) is 25.0 Å². The van der Waals surface area contributed by atoms with E-state index in [1.165, 1.54) is 22.4 Å². The summed E-state index contributed by atoms with van der Waals surface area (Å²) in [6.07, 6.45) is -2.56. The number of hydrogen-bond donors (Lipinski definition) is 1. The Morgan fingerprint density at radius 3 is 2.72 bits per heavy atom. The Kier molecular flexibility index (Phi) is 6.79. The molecule has 2 saturated heterocycles. The van der Waals surface area contributed by atoms with Crippen molar-refractivity contribution >= 4 is 23.4 Å². The molecule has 0 radical (unpaired) electrons. The van der Waals surface area contributed by atoms with Crippen LogP contribution in [-0.2, 0) is 22.3 Å². The number of carbonyl (C=O) groups is 1. The number of amides is 1. The second kappa shape index (κ2) is 9.57. The lowest BCUT2D eigenvalue weighted by Crippen LogP contribution is -2.49. The zero-order valence-electron chi connectivity index (χ0n) is 17.3. The van der Waals surface area contributed by atoms with Gasteiger partial charge in [0.1, 0.15) is 0 Å². The van der Waals surface area contributed by atoms with E-state index in [9.17, 15) is 22.8 Å². The van der Waals surface area contributed by atoms with Crippen molar-refractivity contribution in [2.45, 2.75) is 36.8 Å². The highest BCUT2D eigenvalue weighted by Gasteiger charge is 2.31. The molecule has 1 atom stereocenters. The maximum Gasteiger partial charge on any atom is 0.416 e.